The maximum absolute atomic E-state index is 11.9. The van der Waals surface area contributed by atoms with Crippen molar-refractivity contribution in [2.24, 2.45) is 0 Å². The van der Waals surface area contributed by atoms with Crippen LogP contribution < -0.4 is 0 Å². The topological polar surface area (TPSA) is 71.7 Å². The third-order valence-electron chi connectivity index (χ3n) is 3.09. The first-order valence-electron chi connectivity index (χ1n) is 5.40. The lowest BCUT2D eigenvalue weighted by atomic mass is 10.1. The number of carboxylic acid groups (broad SMARTS) is 1. The van der Waals surface area contributed by atoms with E-state index in [4.69, 9.17) is 5.11 Å². The van der Waals surface area contributed by atoms with Crippen LogP contribution in [0.3, 0.4) is 0 Å². The summed E-state index contributed by atoms with van der Waals surface area (Å²) in [6, 6.07) is -0.891. The van der Waals surface area contributed by atoms with E-state index in [2.05, 4.69) is 5.32 Å². The molecule has 0 aromatic carbocycles. The number of rotatable bonds is 2. The van der Waals surface area contributed by atoms with Gasteiger partial charge in [-0.1, -0.05) is 18.9 Å². The molecule has 2 heterocycles. The second kappa shape index (κ2) is 4.18. The molecule has 84 valence electrons. The number of carboxylic acids is 1. The zero-order valence-corrected chi connectivity index (χ0v) is 8.56. The highest BCUT2D eigenvalue weighted by atomic mass is 16.4. The van der Waals surface area contributed by atoms with Gasteiger partial charge >= 0.3 is 5.97 Å². The summed E-state index contributed by atoms with van der Waals surface area (Å²) in [5, 5.41) is 13.1. The molecule has 1 amide bonds. The van der Waals surface area contributed by atoms with E-state index in [1.54, 1.807) is 0 Å². The number of nitrogens with zero attached hydrogens (tertiary/aromatic N) is 2. The molecule has 15 heavy (non-hydrogen) atoms. The third-order valence-corrected chi connectivity index (χ3v) is 3.09. The fourth-order valence-corrected chi connectivity index (χ4v) is 2.30. The molecule has 0 radical (unpaired) electrons. The Balaban J connectivity index is 2.02. The summed E-state index contributed by atoms with van der Waals surface area (Å²) in [4.78, 5) is 24.3. The zero-order valence-electron chi connectivity index (χ0n) is 8.56. The van der Waals surface area contributed by atoms with Gasteiger partial charge in [0.2, 0.25) is 5.91 Å². The fourth-order valence-electron chi connectivity index (χ4n) is 2.30. The van der Waals surface area contributed by atoms with Gasteiger partial charge in [0.1, 0.15) is 6.04 Å². The Kier molecular flexibility index (Phi) is 2.90. The van der Waals surface area contributed by atoms with Gasteiger partial charge in [0.25, 0.3) is 0 Å². The average molecular weight is 211 g/mol. The minimum absolute atomic E-state index is 0.0857. The van der Waals surface area contributed by atoms with Crippen molar-refractivity contribution in [3.8, 4) is 0 Å². The standard InChI is InChI=1S/C10H15N2O3/c13-9(7-3-1-5-11-7)12-6-2-4-8(12)10(14)15/h7-8H,1-6H2,(H,14,15)/q-1/t7?,8-/m1/s1. The van der Waals surface area contributed by atoms with E-state index in [9.17, 15) is 9.59 Å². The summed E-state index contributed by atoms with van der Waals surface area (Å²) >= 11 is 0. The monoisotopic (exact) mass is 211 g/mol. The Hall–Kier alpha value is -1.10. The van der Waals surface area contributed by atoms with Crippen LogP contribution >= 0.6 is 0 Å². The molecule has 0 aromatic heterocycles. The van der Waals surface area contributed by atoms with E-state index in [-0.39, 0.29) is 11.9 Å². The third kappa shape index (κ3) is 1.97. The van der Waals surface area contributed by atoms with Crippen molar-refractivity contribution in [3.63, 3.8) is 0 Å². The SMILES string of the molecule is O=C(O)[C@H]1CCCN1C(=O)C1CCC[N-]1. The van der Waals surface area contributed by atoms with Crippen LogP contribution in [-0.2, 0) is 9.59 Å². The van der Waals surface area contributed by atoms with Crippen LogP contribution in [-0.4, -0.2) is 47.1 Å². The Morgan fingerprint density at radius 1 is 1.27 bits per heavy atom. The van der Waals surface area contributed by atoms with E-state index in [1.165, 1.54) is 4.90 Å². The molecule has 2 rings (SSSR count). The highest BCUT2D eigenvalue weighted by Crippen LogP contribution is 2.25. The van der Waals surface area contributed by atoms with Crippen molar-refractivity contribution >= 4 is 11.9 Å². The molecule has 1 unspecified atom stereocenters. The molecule has 0 spiro atoms. The van der Waals surface area contributed by atoms with Gasteiger partial charge in [-0.15, -0.1) is 6.54 Å². The molecule has 0 saturated carbocycles. The number of likely N-dealkylation sites (tertiary alicyclic amines) is 1. The van der Waals surface area contributed by atoms with Crippen molar-refractivity contribution in [2.75, 3.05) is 13.1 Å². The molecule has 0 bridgehead atoms. The first kappa shape index (κ1) is 10.4. The molecule has 0 aromatic rings. The van der Waals surface area contributed by atoms with Gasteiger partial charge in [0, 0.05) is 6.54 Å². The maximum Gasteiger partial charge on any atom is 0.326 e. The number of carbonyl (C=O) groups is 2. The predicted octanol–water partition coefficient (Wildman–Crippen LogP) is 0.598. The molecule has 1 N–H and O–H groups in total. The van der Waals surface area contributed by atoms with E-state index in [0.717, 1.165) is 25.8 Å². The number of carbonyl (C=O) groups excluding carboxylic acids is 1. The molecule has 2 aliphatic rings. The summed E-state index contributed by atoms with van der Waals surface area (Å²) in [6.07, 6.45) is 3.09. The minimum Gasteiger partial charge on any atom is -0.652 e. The highest BCUT2D eigenvalue weighted by Gasteiger charge is 2.34. The number of aliphatic carboxylic acids is 1. The van der Waals surface area contributed by atoms with Gasteiger partial charge in [0.15, 0.2) is 0 Å². The average Bonchev–Trinajstić information content (AvgIpc) is 2.88. The predicted molar refractivity (Wildman–Crippen MR) is 53.6 cm³/mol. The lowest BCUT2D eigenvalue weighted by molar-refractivity contribution is -0.148. The van der Waals surface area contributed by atoms with Gasteiger partial charge < -0.3 is 15.3 Å². The Bertz CT molecular complexity index is 274. The molecule has 2 saturated heterocycles. The van der Waals surface area contributed by atoms with E-state index in [0.29, 0.717) is 13.0 Å². The van der Waals surface area contributed by atoms with Crippen LogP contribution in [0.2, 0.25) is 0 Å². The van der Waals surface area contributed by atoms with E-state index >= 15 is 0 Å². The molecule has 2 aliphatic heterocycles. The molecule has 5 nitrogen and oxygen atoms in total. The van der Waals surface area contributed by atoms with Crippen LogP contribution in [0, 0.1) is 0 Å². The van der Waals surface area contributed by atoms with Gasteiger partial charge in [-0.2, -0.15) is 0 Å². The molecule has 0 aliphatic carbocycles. The van der Waals surface area contributed by atoms with Crippen molar-refractivity contribution in [3.05, 3.63) is 5.32 Å². The molecule has 5 heteroatoms. The summed E-state index contributed by atoms with van der Waals surface area (Å²) < 4.78 is 0. The van der Waals surface area contributed by atoms with Crippen LogP contribution in [0.15, 0.2) is 0 Å². The second-order valence-corrected chi connectivity index (χ2v) is 4.09. The van der Waals surface area contributed by atoms with Gasteiger partial charge in [-0.25, -0.2) is 4.79 Å². The first-order chi connectivity index (χ1) is 7.20. The zero-order chi connectivity index (χ0) is 10.8. The number of hydrogen-bond acceptors (Lipinski definition) is 2. The van der Waals surface area contributed by atoms with Gasteiger partial charge in [-0.3, -0.25) is 4.79 Å². The quantitative estimate of drug-likeness (QED) is 0.727. The van der Waals surface area contributed by atoms with Crippen LogP contribution in [0.1, 0.15) is 25.7 Å². The van der Waals surface area contributed by atoms with Crippen LogP contribution in [0.5, 0.6) is 0 Å². The second-order valence-electron chi connectivity index (χ2n) is 4.09. The van der Waals surface area contributed by atoms with Crippen molar-refractivity contribution in [2.45, 2.75) is 37.8 Å². The Morgan fingerprint density at radius 2 is 2.07 bits per heavy atom. The number of hydrogen-bond donors (Lipinski definition) is 1. The van der Waals surface area contributed by atoms with Gasteiger partial charge in [0.05, 0.1) is 0 Å². The summed E-state index contributed by atoms with van der Waals surface area (Å²) in [5.74, 6) is -0.976. The Morgan fingerprint density at radius 3 is 2.67 bits per heavy atom. The highest BCUT2D eigenvalue weighted by molar-refractivity contribution is 5.89. The smallest absolute Gasteiger partial charge is 0.326 e. The molecule has 2 fully saturated rings. The normalized spacial score (nSPS) is 30.8. The largest absolute Gasteiger partial charge is 0.652 e. The van der Waals surface area contributed by atoms with Crippen LogP contribution in [0.4, 0.5) is 0 Å². The molecular formula is C10H15N2O3-. The summed E-state index contributed by atoms with van der Waals surface area (Å²) in [7, 11) is 0. The first-order valence-corrected chi connectivity index (χ1v) is 5.40. The van der Waals surface area contributed by atoms with Gasteiger partial charge in [-0.05, 0) is 12.8 Å². The van der Waals surface area contributed by atoms with E-state index in [1.807, 2.05) is 0 Å². The van der Waals surface area contributed by atoms with Crippen molar-refractivity contribution in [1.82, 2.24) is 4.90 Å². The lowest BCUT2D eigenvalue weighted by Crippen LogP contribution is -2.44. The lowest BCUT2D eigenvalue weighted by Gasteiger charge is -2.30. The van der Waals surface area contributed by atoms with E-state index < -0.39 is 12.0 Å². The number of amides is 1. The Labute approximate surface area is 88.4 Å². The van der Waals surface area contributed by atoms with Crippen LogP contribution in [0.25, 0.3) is 5.32 Å². The molecule has 2 atom stereocenters. The summed E-state index contributed by atoms with van der Waals surface area (Å²) in [5.41, 5.74) is 0. The maximum atomic E-state index is 11.9. The fraction of sp³-hybridized carbons (Fsp3) is 0.800. The van der Waals surface area contributed by atoms with Crippen molar-refractivity contribution in [1.29, 1.82) is 0 Å². The molecular weight excluding hydrogens is 196 g/mol. The summed E-state index contributed by atoms with van der Waals surface area (Å²) in [6.45, 7) is 1.31. The van der Waals surface area contributed by atoms with Crippen molar-refractivity contribution < 1.29 is 14.7 Å². The minimum atomic E-state index is -0.890.